The minimum atomic E-state index is -0.624. The zero-order valence-electron chi connectivity index (χ0n) is 8.40. The average Bonchev–Trinajstić information content (AvgIpc) is 2.53. The van der Waals surface area contributed by atoms with Crippen LogP contribution in [0.4, 0.5) is 4.79 Å². The van der Waals surface area contributed by atoms with Crippen molar-refractivity contribution in [2.45, 2.75) is 6.92 Å². The number of carbonyl (C=O) groups excluding carboxylic acids is 1. The molecule has 0 fully saturated rings. The van der Waals surface area contributed by atoms with Gasteiger partial charge in [-0.05, 0) is 25.1 Å². The first kappa shape index (κ1) is 11.3. The Balaban J connectivity index is 2.65. The SMILES string of the molecule is CCOC(=O)n1c(=O)sc2cc(Br)ccc21. The molecule has 0 spiro atoms. The van der Waals surface area contributed by atoms with Gasteiger partial charge >= 0.3 is 11.0 Å². The molecule has 0 aliphatic rings. The summed E-state index contributed by atoms with van der Waals surface area (Å²) in [6.07, 6.45) is -0.624. The van der Waals surface area contributed by atoms with E-state index in [9.17, 15) is 9.59 Å². The Labute approximate surface area is 104 Å². The molecule has 0 saturated heterocycles. The van der Waals surface area contributed by atoms with Crippen molar-refractivity contribution in [3.63, 3.8) is 0 Å². The van der Waals surface area contributed by atoms with Gasteiger partial charge in [0.05, 0.1) is 16.8 Å². The fourth-order valence-electron chi connectivity index (χ4n) is 1.35. The zero-order chi connectivity index (χ0) is 11.7. The third kappa shape index (κ3) is 1.90. The number of halogens is 1. The number of benzene rings is 1. The number of rotatable bonds is 1. The number of nitrogens with zero attached hydrogens (tertiary/aromatic N) is 1. The van der Waals surface area contributed by atoms with Crippen LogP contribution < -0.4 is 4.87 Å². The fraction of sp³-hybridized carbons (Fsp3) is 0.200. The third-order valence-corrected chi connectivity index (χ3v) is 3.39. The van der Waals surface area contributed by atoms with Crippen molar-refractivity contribution in [1.29, 1.82) is 0 Å². The summed E-state index contributed by atoms with van der Waals surface area (Å²) < 4.78 is 7.51. The van der Waals surface area contributed by atoms with Crippen molar-refractivity contribution in [3.05, 3.63) is 32.3 Å². The van der Waals surface area contributed by atoms with Gasteiger partial charge in [-0.3, -0.25) is 4.79 Å². The summed E-state index contributed by atoms with van der Waals surface area (Å²) in [5.74, 6) is 0. The van der Waals surface area contributed by atoms with Gasteiger partial charge in [0.2, 0.25) is 0 Å². The molecule has 84 valence electrons. The second-order valence-corrected chi connectivity index (χ2v) is 4.92. The molecule has 0 radical (unpaired) electrons. The van der Waals surface area contributed by atoms with Crippen molar-refractivity contribution in [3.8, 4) is 0 Å². The van der Waals surface area contributed by atoms with Gasteiger partial charge in [0.25, 0.3) is 0 Å². The fourth-order valence-corrected chi connectivity index (χ4v) is 2.77. The molecule has 4 nitrogen and oxygen atoms in total. The van der Waals surface area contributed by atoms with Gasteiger partial charge in [-0.1, -0.05) is 27.3 Å². The van der Waals surface area contributed by atoms with Crippen LogP contribution in [0.15, 0.2) is 27.5 Å². The average molecular weight is 302 g/mol. The molecule has 0 unspecified atom stereocenters. The highest BCUT2D eigenvalue weighted by molar-refractivity contribution is 9.10. The van der Waals surface area contributed by atoms with Crippen molar-refractivity contribution >= 4 is 43.6 Å². The summed E-state index contributed by atoms with van der Waals surface area (Å²) in [6.45, 7) is 1.95. The van der Waals surface area contributed by atoms with Crippen molar-refractivity contribution in [2.75, 3.05) is 6.61 Å². The Bertz CT molecular complexity index is 602. The Kier molecular flexibility index (Phi) is 3.11. The number of carbonyl (C=O) groups is 1. The molecule has 16 heavy (non-hydrogen) atoms. The molecule has 1 heterocycles. The van der Waals surface area contributed by atoms with Crippen LogP contribution in [0.25, 0.3) is 10.2 Å². The van der Waals surface area contributed by atoms with Crippen molar-refractivity contribution < 1.29 is 9.53 Å². The molecular weight excluding hydrogens is 294 g/mol. The van der Waals surface area contributed by atoms with E-state index in [2.05, 4.69) is 15.9 Å². The van der Waals surface area contributed by atoms with E-state index in [1.54, 1.807) is 25.1 Å². The van der Waals surface area contributed by atoms with E-state index in [4.69, 9.17) is 4.74 Å². The lowest BCUT2D eigenvalue weighted by Gasteiger charge is -2.01. The number of aromatic nitrogens is 1. The Morgan fingerprint density at radius 3 is 3.00 bits per heavy atom. The van der Waals surface area contributed by atoms with Gasteiger partial charge < -0.3 is 4.74 Å². The van der Waals surface area contributed by atoms with Gasteiger partial charge in [0.1, 0.15) is 0 Å². The van der Waals surface area contributed by atoms with Crippen LogP contribution >= 0.6 is 27.3 Å². The first-order valence-corrected chi connectivity index (χ1v) is 6.22. The number of hydrogen-bond acceptors (Lipinski definition) is 4. The molecular formula is C10H8BrNO3S. The highest BCUT2D eigenvalue weighted by Gasteiger charge is 2.14. The lowest BCUT2D eigenvalue weighted by molar-refractivity contribution is 0.154. The van der Waals surface area contributed by atoms with E-state index in [1.807, 2.05) is 0 Å². The molecule has 0 aliphatic carbocycles. The molecule has 0 N–H and O–H groups in total. The third-order valence-electron chi connectivity index (χ3n) is 1.99. The molecule has 0 atom stereocenters. The number of fused-ring (bicyclic) bond motifs is 1. The summed E-state index contributed by atoms with van der Waals surface area (Å²) in [6, 6.07) is 5.30. The minimum Gasteiger partial charge on any atom is -0.449 e. The van der Waals surface area contributed by atoms with E-state index in [-0.39, 0.29) is 11.5 Å². The topological polar surface area (TPSA) is 48.3 Å². The van der Waals surface area contributed by atoms with E-state index >= 15 is 0 Å². The quantitative estimate of drug-likeness (QED) is 0.814. The van der Waals surface area contributed by atoms with Crippen LogP contribution in [0.2, 0.25) is 0 Å². The van der Waals surface area contributed by atoms with Gasteiger partial charge in [-0.15, -0.1) is 0 Å². The molecule has 1 aromatic heterocycles. The lowest BCUT2D eigenvalue weighted by Crippen LogP contribution is -2.22. The Hall–Kier alpha value is -1.14. The minimum absolute atomic E-state index is 0.249. The maximum atomic E-state index is 11.6. The smallest absolute Gasteiger partial charge is 0.422 e. The lowest BCUT2D eigenvalue weighted by atomic mass is 10.3. The second-order valence-electron chi connectivity index (χ2n) is 3.01. The van der Waals surface area contributed by atoms with Crippen molar-refractivity contribution in [2.24, 2.45) is 0 Å². The molecule has 0 amide bonds. The van der Waals surface area contributed by atoms with Crippen LogP contribution in [-0.2, 0) is 4.74 Å². The first-order valence-electron chi connectivity index (χ1n) is 4.61. The molecule has 1 aromatic carbocycles. The summed E-state index contributed by atoms with van der Waals surface area (Å²) in [7, 11) is 0. The predicted octanol–water partition coefficient (Wildman–Crippen LogP) is 2.83. The molecule has 2 aromatic rings. The number of hydrogen-bond donors (Lipinski definition) is 0. The van der Waals surface area contributed by atoms with Crippen LogP contribution in [0.3, 0.4) is 0 Å². The molecule has 6 heteroatoms. The first-order chi connectivity index (χ1) is 7.63. The van der Waals surface area contributed by atoms with E-state index < -0.39 is 6.09 Å². The standard InChI is InChI=1S/C10H8BrNO3S/c1-2-15-9(13)12-7-4-3-6(11)5-8(7)16-10(12)14/h3-5H,2H2,1H3. The maximum Gasteiger partial charge on any atom is 0.422 e. The highest BCUT2D eigenvalue weighted by Crippen LogP contribution is 2.22. The summed E-state index contributed by atoms with van der Waals surface area (Å²) in [5.41, 5.74) is 0.580. The molecule has 2 rings (SSSR count). The van der Waals surface area contributed by atoms with Crippen LogP contribution in [0, 0.1) is 0 Å². The van der Waals surface area contributed by atoms with E-state index in [0.29, 0.717) is 5.52 Å². The van der Waals surface area contributed by atoms with Crippen molar-refractivity contribution in [1.82, 2.24) is 4.57 Å². The largest absolute Gasteiger partial charge is 0.449 e. The summed E-state index contributed by atoms with van der Waals surface area (Å²) in [4.78, 5) is 22.9. The number of thiazole rings is 1. The monoisotopic (exact) mass is 301 g/mol. The van der Waals surface area contributed by atoms with Crippen LogP contribution in [0.1, 0.15) is 6.92 Å². The van der Waals surface area contributed by atoms with Crippen LogP contribution in [0.5, 0.6) is 0 Å². The Morgan fingerprint density at radius 2 is 2.31 bits per heavy atom. The van der Waals surface area contributed by atoms with Crippen LogP contribution in [-0.4, -0.2) is 17.3 Å². The van der Waals surface area contributed by atoms with Gasteiger partial charge in [0.15, 0.2) is 0 Å². The number of ether oxygens (including phenoxy) is 1. The van der Waals surface area contributed by atoms with E-state index in [0.717, 1.165) is 25.1 Å². The van der Waals surface area contributed by atoms with Gasteiger partial charge in [-0.25, -0.2) is 9.36 Å². The summed E-state index contributed by atoms with van der Waals surface area (Å²) >= 11 is 4.34. The van der Waals surface area contributed by atoms with Gasteiger partial charge in [0, 0.05) is 4.47 Å². The summed E-state index contributed by atoms with van der Waals surface area (Å²) in [5, 5.41) is 0. The maximum absolute atomic E-state index is 11.6. The molecule has 0 bridgehead atoms. The molecule has 0 aliphatic heterocycles. The normalized spacial score (nSPS) is 10.6. The zero-order valence-corrected chi connectivity index (χ0v) is 10.8. The predicted molar refractivity (Wildman–Crippen MR) is 66.2 cm³/mol. The second kappa shape index (κ2) is 4.39. The van der Waals surface area contributed by atoms with Gasteiger partial charge in [-0.2, -0.15) is 0 Å². The van der Waals surface area contributed by atoms with E-state index in [1.165, 1.54) is 0 Å². The molecule has 0 saturated carbocycles. The Morgan fingerprint density at radius 1 is 1.56 bits per heavy atom. The highest BCUT2D eigenvalue weighted by atomic mass is 79.9.